The van der Waals surface area contributed by atoms with Gasteiger partial charge in [0.25, 0.3) is 0 Å². The van der Waals surface area contributed by atoms with Gasteiger partial charge in [-0.2, -0.15) is 0 Å². The summed E-state index contributed by atoms with van der Waals surface area (Å²) < 4.78 is 34.0. The van der Waals surface area contributed by atoms with Crippen LogP contribution in [0.1, 0.15) is 138 Å². The van der Waals surface area contributed by atoms with Crippen molar-refractivity contribution in [1.29, 1.82) is 0 Å². The molecule has 2 fully saturated rings. The zero-order valence-corrected chi connectivity index (χ0v) is 42.4. The van der Waals surface area contributed by atoms with E-state index < -0.39 is 191 Å². The van der Waals surface area contributed by atoms with Crippen molar-refractivity contribution in [3.8, 4) is 34.5 Å². The van der Waals surface area contributed by atoms with Crippen LogP contribution in [0.4, 0.5) is 0 Å². The fourth-order valence-corrected chi connectivity index (χ4v) is 11.5. The van der Waals surface area contributed by atoms with Gasteiger partial charge in [0.1, 0.15) is 58.9 Å². The second-order valence-corrected chi connectivity index (χ2v) is 20.3. The summed E-state index contributed by atoms with van der Waals surface area (Å²) in [5.41, 5.74) is 4.75. The van der Waals surface area contributed by atoms with Gasteiger partial charge in [-0.05, 0) is 26.0 Å². The zero-order chi connectivity index (χ0) is 56.8. The smallest absolute Gasteiger partial charge is 0.202 e. The van der Waals surface area contributed by atoms with Crippen LogP contribution in [-0.2, 0) is 41.4 Å². The number of hydrogen-bond donors (Lipinski definition) is 12. The van der Waals surface area contributed by atoms with Crippen LogP contribution >= 0.6 is 0 Å². The Kier molecular flexibility index (Phi) is 14.9. The first-order chi connectivity index (χ1) is 36.9. The van der Waals surface area contributed by atoms with Gasteiger partial charge in [0.15, 0.2) is 35.7 Å². The van der Waals surface area contributed by atoms with Crippen LogP contribution in [0.2, 0.25) is 0 Å². The van der Waals surface area contributed by atoms with Crippen molar-refractivity contribution in [1.82, 2.24) is 0 Å². The molecule has 0 radical (unpaired) electrons. The number of carbonyl (C=O) groups is 6. The van der Waals surface area contributed by atoms with E-state index in [2.05, 4.69) is 0 Å². The lowest BCUT2D eigenvalue weighted by molar-refractivity contribution is -0.247. The molecule has 6 aliphatic rings. The Morgan fingerprint density at radius 1 is 0.577 bits per heavy atom. The molecule has 10 rings (SSSR count). The molecule has 2 aliphatic heterocycles. The Hall–Kier alpha value is -6.78. The van der Waals surface area contributed by atoms with Crippen molar-refractivity contribution in [3.05, 3.63) is 103 Å². The van der Waals surface area contributed by atoms with Gasteiger partial charge in [0.05, 0.1) is 84.2 Å². The molecule has 4 aromatic rings. The van der Waals surface area contributed by atoms with E-state index in [0.29, 0.717) is 0 Å². The molecule has 0 aromatic heterocycles. The number of phenols is 4. The molecule has 12 atom stereocenters. The van der Waals surface area contributed by atoms with Crippen molar-refractivity contribution in [2.45, 2.75) is 125 Å². The monoisotopic (exact) mass is 1090 g/mol. The van der Waals surface area contributed by atoms with E-state index in [1.807, 2.05) is 0 Å². The van der Waals surface area contributed by atoms with Crippen molar-refractivity contribution in [2.24, 2.45) is 11.5 Å². The Morgan fingerprint density at radius 3 is 1.24 bits per heavy atom. The number of hydrogen-bond acceptors (Lipinski definition) is 24. The van der Waals surface area contributed by atoms with E-state index in [1.54, 1.807) is 13.8 Å². The van der Waals surface area contributed by atoms with Crippen LogP contribution in [0.25, 0.3) is 0 Å². The number of nitrogens with two attached hydrogens (primary N) is 2. The highest BCUT2D eigenvalue weighted by atomic mass is 16.7. The summed E-state index contributed by atoms with van der Waals surface area (Å²) in [6, 6.07) is 7.27. The average Bonchev–Trinajstić information content (AvgIpc) is 3.59. The number of methoxy groups -OCH3 is 2. The number of rotatable bonds is 10. The maximum absolute atomic E-state index is 13.6. The number of aliphatic hydroxyl groups excluding tert-OH is 4. The third-order valence-corrected chi connectivity index (χ3v) is 15.6. The number of aliphatic hydroxyl groups is 6. The van der Waals surface area contributed by atoms with Gasteiger partial charge in [-0.25, -0.2) is 0 Å². The van der Waals surface area contributed by atoms with Crippen LogP contribution in [0, 0.1) is 0 Å². The van der Waals surface area contributed by atoms with E-state index in [-0.39, 0.29) is 68.8 Å². The van der Waals surface area contributed by atoms with Crippen molar-refractivity contribution in [3.63, 3.8) is 0 Å². The summed E-state index contributed by atoms with van der Waals surface area (Å²) in [6.45, 7) is 1.12. The number of carbonyl (C=O) groups excluding carboxylic acids is 6. The lowest BCUT2D eigenvalue weighted by atomic mass is 9.72. The van der Waals surface area contributed by atoms with Crippen molar-refractivity contribution < 1.29 is 108 Å². The molecule has 24 heteroatoms. The Balaban J connectivity index is 0.000000190. The van der Waals surface area contributed by atoms with Crippen molar-refractivity contribution >= 4 is 34.7 Å². The number of Topliss-reactive ketones (excluding diaryl/α,β-unsaturated/α-hetero) is 2. The lowest BCUT2D eigenvalue weighted by Gasteiger charge is -2.42. The van der Waals surface area contributed by atoms with Crippen LogP contribution in [0.5, 0.6) is 34.5 Å². The van der Waals surface area contributed by atoms with Gasteiger partial charge in [-0.15, -0.1) is 0 Å². The molecule has 14 N–H and O–H groups in total. The number of ether oxygens (including phenoxy) is 6. The Morgan fingerprint density at radius 2 is 0.923 bits per heavy atom. The first kappa shape index (κ1) is 56.0. The quantitative estimate of drug-likeness (QED) is 0.0804. The number of benzene rings is 4. The lowest BCUT2D eigenvalue weighted by Crippen LogP contribution is -2.53. The highest BCUT2D eigenvalue weighted by Gasteiger charge is 2.52. The van der Waals surface area contributed by atoms with Crippen molar-refractivity contribution in [2.75, 3.05) is 27.4 Å². The minimum absolute atomic E-state index is 0.0173. The average molecular weight is 1090 g/mol. The third kappa shape index (κ3) is 9.00. The van der Waals surface area contributed by atoms with E-state index in [9.17, 15) is 79.8 Å². The first-order valence-corrected chi connectivity index (χ1v) is 24.8. The van der Waals surface area contributed by atoms with Crippen LogP contribution in [0.15, 0.2) is 36.4 Å². The second-order valence-electron chi connectivity index (χ2n) is 20.3. The SMILES string of the molecule is COc1cccc2c1C(=O)c1c(O)c3c(c(O)c1C2=O)C[C@@](O)(C(=O)CO)C[C@@H]3O[C@H]1C[C@H](N)[C@@H](O)[C@H](C)O1.COc1cccc2c1C(=O)c1c(O)c3c(c(O)c1C2=O)C[C@@](O)(C(=O)CO)C[C@@H]3O[C@H]1C[C@H](N)[C@@H](O)[C@H](C)O1. The molecular formula is C54H58N2O22. The molecule has 2 saturated heterocycles. The zero-order valence-electron chi connectivity index (χ0n) is 42.4. The molecule has 0 bridgehead atoms. The normalized spacial score (nSPS) is 29.8. The highest BCUT2D eigenvalue weighted by Crippen LogP contribution is 2.55. The molecular weight excluding hydrogens is 1030 g/mol. The summed E-state index contributed by atoms with van der Waals surface area (Å²) in [6.07, 6.45) is -10.2. The Labute approximate surface area is 443 Å². The van der Waals surface area contributed by atoms with Gasteiger partial charge in [0, 0.05) is 84.0 Å². The summed E-state index contributed by atoms with van der Waals surface area (Å²) in [7, 11) is 2.64. The van der Waals surface area contributed by atoms with Gasteiger partial charge in [-0.3, -0.25) is 28.8 Å². The summed E-state index contributed by atoms with van der Waals surface area (Å²) in [5.74, 6) is -7.55. The topological polar surface area (TPSA) is 412 Å². The summed E-state index contributed by atoms with van der Waals surface area (Å²) in [4.78, 5) is 79.5. The van der Waals surface area contributed by atoms with Gasteiger partial charge >= 0.3 is 0 Å². The van der Waals surface area contributed by atoms with Gasteiger partial charge < -0.3 is 91.0 Å². The summed E-state index contributed by atoms with van der Waals surface area (Å²) in [5, 5.41) is 107. The molecule has 4 aliphatic carbocycles. The first-order valence-electron chi connectivity index (χ1n) is 24.8. The van der Waals surface area contributed by atoms with Crippen LogP contribution < -0.4 is 20.9 Å². The number of phenolic OH excluding ortho intramolecular Hbond substituents is 4. The molecule has 78 heavy (non-hydrogen) atoms. The predicted octanol–water partition coefficient (Wildman–Crippen LogP) is 0.00260. The van der Waals surface area contributed by atoms with E-state index >= 15 is 0 Å². The van der Waals surface area contributed by atoms with E-state index in [1.165, 1.54) is 50.6 Å². The fourth-order valence-electron chi connectivity index (χ4n) is 11.5. The number of aromatic hydroxyl groups is 4. The maximum atomic E-state index is 13.6. The standard InChI is InChI=1S/2C27H29NO11/c2*1-10-22(31)13(28)6-17(38-10)39-15-8-27(36,16(30)9-29)7-12-19(15)26(35)21-20(24(12)33)23(32)11-4-3-5-14(37-2)18(11)25(21)34/h2*3-5,10,13,15,17,22,29,31,33,35-36H,6-9,28H2,1-2H3/t2*10-,13-,15-,17-,22-,27-/m00/s1. The molecule has 0 saturated carbocycles. The van der Waals surface area contributed by atoms with E-state index in [4.69, 9.17) is 39.9 Å². The van der Waals surface area contributed by atoms with E-state index in [0.717, 1.165) is 0 Å². The molecule has 0 amide bonds. The molecule has 0 spiro atoms. The van der Waals surface area contributed by atoms with Crippen LogP contribution in [-0.4, -0.2) is 173 Å². The highest BCUT2D eigenvalue weighted by molar-refractivity contribution is 6.32. The molecule has 24 nitrogen and oxygen atoms in total. The number of ketones is 6. The minimum atomic E-state index is -2.24. The minimum Gasteiger partial charge on any atom is -0.507 e. The number of fused-ring (bicyclic) bond motifs is 6. The maximum Gasteiger partial charge on any atom is 0.202 e. The predicted molar refractivity (Wildman–Crippen MR) is 264 cm³/mol. The molecule has 2 heterocycles. The third-order valence-electron chi connectivity index (χ3n) is 15.6. The Bertz CT molecular complexity index is 2960. The largest absolute Gasteiger partial charge is 0.507 e. The van der Waals surface area contributed by atoms with Gasteiger partial charge in [0.2, 0.25) is 11.6 Å². The van der Waals surface area contributed by atoms with Gasteiger partial charge in [-0.1, -0.05) is 24.3 Å². The van der Waals surface area contributed by atoms with Crippen LogP contribution in [0.3, 0.4) is 0 Å². The second kappa shape index (κ2) is 20.8. The fraction of sp³-hybridized carbons (Fsp3) is 0.444. The molecule has 4 aromatic carbocycles. The molecule has 0 unspecified atom stereocenters. The molecule has 416 valence electrons. The summed E-state index contributed by atoms with van der Waals surface area (Å²) >= 11 is 0.